The van der Waals surface area contributed by atoms with Gasteiger partial charge in [0, 0.05) is 12.0 Å². The molecule has 0 fully saturated rings. The molecule has 3 aromatic rings. The molecule has 37 heavy (non-hydrogen) atoms. The van der Waals surface area contributed by atoms with Crippen molar-refractivity contribution in [2.24, 2.45) is 5.92 Å². The van der Waals surface area contributed by atoms with Crippen molar-refractivity contribution in [3.05, 3.63) is 48.8 Å². The molecule has 0 saturated heterocycles. The van der Waals surface area contributed by atoms with Crippen LogP contribution in [0.4, 0.5) is 5.95 Å². The Bertz CT molecular complexity index is 1330. The van der Waals surface area contributed by atoms with Crippen LogP contribution in [0.15, 0.2) is 48.8 Å². The van der Waals surface area contributed by atoms with Gasteiger partial charge >= 0.3 is 13.7 Å². The van der Waals surface area contributed by atoms with Crippen LogP contribution in [-0.2, 0) is 13.9 Å². The number of nitrogens with two attached hydrogens (primary N) is 1. The summed E-state index contributed by atoms with van der Waals surface area (Å²) in [5.41, 5.74) is 6.88. The summed E-state index contributed by atoms with van der Waals surface area (Å²) in [6.45, 7) is 5.02. The second kappa shape index (κ2) is 10.9. The highest BCUT2D eigenvalue weighted by atomic mass is 31.2. The van der Waals surface area contributed by atoms with E-state index in [4.69, 9.17) is 19.5 Å². The fourth-order valence-electron chi connectivity index (χ4n) is 4.37. The highest BCUT2D eigenvalue weighted by Gasteiger charge is 2.44. The number of hydrogen-bond acceptors (Lipinski definition) is 9. The van der Waals surface area contributed by atoms with Crippen molar-refractivity contribution < 1.29 is 28.3 Å². The number of allylic oxidation sites excluding steroid dienone is 1. The van der Waals surface area contributed by atoms with Crippen molar-refractivity contribution in [2.45, 2.75) is 45.3 Å². The van der Waals surface area contributed by atoms with E-state index in [1.165, 1.54) is 18.7 Å². The van der Waals surface area contributed by atoms with E-state index in [0.717, 1.165) is 0 Å². The number of methoxy groups -OCH3 is 1. The van der Waals surface area contributed by atoms with Gasteiger partial charge in [0.05, 0.1) is 26.1 Å². The number of aliphatic carboxylic acids is 1. The van der Waals surface area contributed by atoms with Gasteiger partial charge in [0.1, 0.15) is 11.8 Å². The molecule has 12 nitrogen and oxygen atoms in total. The molecule has 0 spiro atoms. The molecule has 4 rings (SSSR count). The van der Waals surface area contributed by atoms with Crippen LogP contribution in [-0.4, -0.2) is 61.1 Å². The summed E-state index contributed by atoms with van der Waals surface area (Å²) in [6, 6.07) is 6.95. The normalized spacial score (nSPS) is 19.8. The number of rotatable bonds is 11. The number of para-hydroxylation sites is 1. The van der Waals surface area contributed by atoms with Crippen molar-refractivity contribution >= 4 is 30.8 Å². The first-order chi connectivity index (χ1) is 17.6. The zero-order valence-electron chi connectivity index (χ0n) is 21.1. The zero-order chi connectivity index (χ0) is 26.7. The molecule has 2 aromatic heterocycles. The molecule has 0 aliphatic heterocycles. The van der Waals surface area contributed by atoms with Crippen LogP contribution in [0.5, 0.6) is 11.6 Å². The number of carboxylic acid groups (broad SMARTS) is 1. The second-order valence-corrected chi connectivity index (χ2v) is 10.9. The van der Waals surface area contributed by atoms with Gasteiger partial charge < -0.3 is 24.7 Å². The van der Waals surface area contributed by atoms with Gasteiger partial charge in [0.15, 0.2) is 11.2 Å². The van der Waals surface area contributed by atoms with Gasteiger partial charge in [0.2, 0.25) is 11.8 Å². The molecule has 0 amide bonds. The lowest BCUT2D eigenvalue weighted by Gasteiger charge is -2.35. The van der Waals surface area contributed by atoms with Gasteiger partial charge in [-0.2, -0.15) is 14.6 Å². The average Bonchev–Trinajstić information content (AvgIpc) is 3.49. The van der Waals surface area contributed by atoms with Gasteiger partial charge in [-0.25, -0.2) is 9.55 Å². The third-order valence-corrected chi connectivity index (χ3v) is 8.38. The highest BCUT2D eigenvalue weighted by molar-refractivity contribution is 7.51. The van der Waals surface area contributed by atoms with Crippen LogP contribution in [0.3, 0.4) is 0 Å². The lowest BCUT2D eigenvalue weighted by Crippen LogP contribution is -2.42. The quantitative estimate of drug-likeness (QED) is 0.274. The van der Waals surface area contributed by atoms with Crippen molar-refractivity contribution in [1.29, 1.82) is 0 Å². The van der Waals surface area contributed by atoms with E-state index in [9.17, 15) is 14.5 Å². The van der Waals surface area contributed by atoms with Crippen LogP contribution >= 0.6 is 7.75 Å². The summed E-state index contributed by atoms with van der Waals surface area (Å²) in [6.07, 6.45) is 6.21. The maximum atomic E-state index is 14.2. The molecule has 0 bridgehead atoms. The SMILES string of the molecule is COc1nc(N)nc2c1ncn2[C@H]1C=C[C@@H](COP(=O)(Oc2ccccc2)N(C(C)C)C(C)C(=O)O)C1. The number of benzene rings is 1. The molecule has 1 aromatic carbocycles. The molecule has 0 radical (unpaired) electrons. The summed E-state index contributed by atoms with van der Waals surface area (Å²) in [7, 11) is -2.57. The molecule has 1 aliphatic carbocycles. The van der Waals surface area contributed by atoms with E-state index in [1.807, 2.05) is 16.7 Å². The van der Waals surface area contributed by atoms with Gasteiger partial charge in [-0.05, 0) is 39.3 Å². The van der Waals surface area contributed by atoms with Crippen LogP contribution in [0.2, 0.25) is 0 Å². The molecule has 1 aliphatic rings. The molecule has 4 atom stereocenters. The maximum absolute atomic E-state index is 14.2. The molecule has 0 saturated carbocycles. The van der Waals surface area contributed by atoms with Crippen LogP contribution in [0.1, 0.15) is 33.2 Å². The van der Waals surface area contributed by atoms with Crippen molar-refractivity contribution in [3.8, 4) is 11.6 Å². The summed E-state index contributed by atoms with van der Waals surface area (Å²) in [5.74, 6) is -0.550. The van der Waals surface area contributed by atoms with Gasteiger partial charge in [-0.1, -0.05) is 30.4 Å². The zero-order valence-corrected chi connectivity index (χ0v) is 22.0. The Morgan fingerprint density at radius 2 is 1.97 bits per heavy atom. The van der Waals surface area contributed by atoms with Gasteiger partial charge in [0.25, 0.3) is 0 Å². The maximum Gasteiger partial charge on any atom is 0.462 e. The summed E-state index contributed by atoms with van der Waals surface area (Å²) in [4.78, 5) is 24.6. The van der Waals surface area contributed by atoms with Crippen molar-refractivity contribution in [1.82, 2.24) is 24.2 Å². The summed E-state index contributed by atoms with van der Waals surface area (Å²) >= 11 is 0. The monoisotopic (exact) mass is 530 g/mol. The first kappa shape index (κ1) is 26.6. The third-order valence-electron chi connectivity index (χ3n) is 6.09. The van der Waals surface area contributed by atoms with E-state index in [2.05, 4.69) is 15.0 Å². The van der Waals surface area contributed by atoms with E-state index in [0.29, 0.717) is 29.2 Å². The van der Waals surface area contributed by atoms with Crippen molar-refractivity contribution in [3.63, 3.8) is 0 Å². The van der Waals surface area contributed by atoms with E-state index in [-0.39, 0.29) is 24.5 Å². The van der Waals surface area contributed by atoms with Crippen LogP contribution in [0, 0.1) is 5.92 Å². The first-order valence-electron chi connectivity index (χ1n) is 11.9. The number of ether oxygens (including phenoxy) is 1. The first-order valence-corrected chi connectivity index (χ1v) is 13.4. The molecule has 2 heterocycles. The largest absolute Gasteiger partial charge is 0.480 e. The topological polar surface area (TPSA) is 155 Å². The summed E-state index contributed by atoms with van der Waals surface area (Å²) in [5, 5.41) is 9.67. The molecule has 198 valence electrons. The average molecular weight is 531 g/mol. The van der Waals surface area contributed by atoms with Crippen LogP contribution < -0.4 is 15.0 Å². The number of hydrogen-bond donors (Lipinski definition) is 2. The molecular weight excluding hydrogens is 499 g/mol. The van der Waals surface area contributed by atoms with Gasteiger partial charge in [-0.3, -0.25) is 9.32 Å². The number of aromatic nitrogens is 4. The smallest absolute Gasteiger partial charge is 0.462 e. The van der Waals surface area contributed by atoms with Gasteiger partial charge in [-0.15, -0.1) is 0 Å². The Labute approximate surface area is 214 Å². The fraction of sp³-hybridized carbons (Fsp3) is 0.417. The van der Waals surface area contributed by atoms with E-state index < -0.39 is 25.8 Å². The van der Waals surface area contributed by atoms with Crippen molar-refractivity contribution in [2.75, 3.05) is 19.5 Å². The predicted octanol–water partition coefficient (Wildman–Crippen LogP) is 3.92. The third kappa shape index (κ3) is 5.61. The predicted molar refractivity (Wildman–Crippen MR) is 137 cm³/mol. The molecule has 3 N–H and O–H groups in total. The minimum absolute atomic E-state index is 0.0553. The Balaban J connectivity index is 1.54. The number of carbonyl (C=O) groups is 1. The second-order valence-electron chi connectivity index (χ2n) is 9.02. The Morgan fingerprint density at radius 3 is 2.62 bits per heavy atom. The number of imidazole rings is 1. The molecule has 2 unspecified atom stereocenters. The minimum atomic E-state index is -4.06. The highest BCUT2D eigenvalue weighted by Crippen LogP contribution is 2.55. The number of carboxylic acids is 1. The summed E-state index contributed by atoms with van der Waals surface area (Å²) < 4.78 is 34.4. The van der Waals surface area contributed by atoms with Crippen LogP contribution in [0.25, 0.3) is 11.2 Å². The Hall–Kier alpha value is -3.47. The van der Waals surface area contributed by atoms with E-state index in [1.54, 1.807) is 50.5 Å². The molecular formula is C24H31N6O6P. The van der Waals surface area contributed by atoms with E-state index >= 15 is 0 Å². The number of nitrogens with zero attached hydrogens (tertiary/aromatic N) is 5. The Kier molecular flexibility index (Phi) is 7.82. The fourth-order valence-corrected chi connectivity index (χ4v) is 6.51. The standard InChI is InChI=1S/C24H31N6O6P/c1-15(2)30(16(3)23(31)32)37(33,36-19-8-6-5-7-9-19)35-13-17-10-11-18(12-17)29-14-26-20-21(29)27-24(25)28-22(20)34-4/h5-11,14-18H,12-13H2,1-4H3,(H,31,32)(H2,25,27,28)/t16?,17-,18+,37?/m1/s1. The number of nitrogen functional groups attached to an aromatic ring is 1. The number of anilines is 1. The lowest BCUT2D eigenvalue weighted by atomic mass is 10.1. The minimum Gasteiger partial charge on any atom is -0.480 e. The molecule has 13 heteroatoms. The lowest BCUT2D eigenvalue weighted by molar-refractivity contribution is -0.141. The Morgan fingerprint density at radius 1 is 1.24 bits per heavy atom. The number of fused-ring (bicyclic) bond motifs is 1.